The summed E-state index contributed by atoms with van der Waals surface area (Å²) in [5.41, 5.74) is 0. The van der Waals surface area contributed by atoms with Crippen molar-refractivity contribution < 1.29 is 0 Å². The van der Waals surface area contributed by atoms with Crippen molar-refractivity contribution >= 4 is 32.1 Å². The Morgan fingerprint density at radius 3 is 1.00 bits per heavy atom. The smallest absolute Gasteiger partial charge is 0.106 e. The Morgan fingerprint density at radius 1 is 1.00 bits per heavy atom. The van der Waals surface area contributed by atoms with Crippen molar-refractivity contribution in [3.05, 3.63) is 0 Å². The van der Waals surface area contributed by atoms with Gasteiger partial charge >= 0.3 is 18.0 Å². The van der Waals surface area contributed by atoms with E-state index >= 15 is 0 Å². The minimum absolute atomic E-state index is 0. The van der Waals surface area contributed by atoms with Crippen molar-refractivity contribution in [1.82, 2.24) is 0 Å². The van der Waals surface area contributed by atoms with E-state index in [2.05, 4.69) is 17.4 Å². The molecule has 0 heterocycles. The molecule has 0 spiro atoms. The Kier molecular flexibility index (Phi) is 9.60. The zero-order valence-electron chi connectivity index (χ0n) is 4.28. The first kappa shape index (κ1) is 9.43. The van der Waals surface area contributed by atoms with Crippen molar-refractivity contribution in [3.8, 4) is 0 Å². The molecule has 0 aromatic rings. The molecule has 0 aliphatic carbocycles. The van der Waals surface area contributed by atoms with E-state index in [9.17, 15) is 0 Å². The molecule has 32 valence electrons. The van der Waals surface area contributed by atoms with Gasteiger partial charge in [-0.25, -0.2) is 0 Å². The summed E-state index contributed by atoms with van der Waals surface area (Å²) in [5, 5.41) is 0. The summed E-state index contributed by atoms with van der Waals surface area (Å²) in [6, 6.07) is 0. The zero-order valence-corrected chi connectivity index (χ0v) is 8.41. The second-order valence-corrected chi connectivity index (χ2v) is 5.20. The van der Waals surface area contributed by atoms with Crippen LogP contribution < -0.4 is 0 Å². The Hall–Kier alpha value is 1.09. The van der Waals surface area contributed by atoms with Gasteiger partial charge in [-0.15, -0.1) is 17.4 Å². The average molecular weight is 150 g/mol. The van der Waals surface area contributed by atoms with Crippen LogP contribution in [-0.2, 0) is 0 Å². The fourth-order valence-corrected chi connectivity index (χ4v) is 0. The van der Waals surface area contributed by atoms with E-state index in [1.165, 1.54) is 0 Å². The minimum atomic E-state index is -0.139. The van der Waals surface area contributed by atoms with Gasteiger partial charge in [-0.1, -0.05) is 0 Å². The molecular formula is C3H12AlAs. The van der Waals surface area contributed by atoms with Crippen molar-refractivity contribution in [2.45, 2.75) is 17.4 Å². The fraction of sp³-hybridized carbons (Fsp3) is 1.00. The van der Waals surface area contributed by atoms with E-state index in [0.717, 1.165) is 0 Å². The number of hydrogen-bond acceptors (Lipinski definition) is 0. The molecule has 0 fully saturated rings. The fourth-order valence-electron chi connectivity index (χ4n) is 0. The van der Waals surface area contributed by atoms with Crippen LogP contribution in [0, 0.1) is 0 Å². The summed E-state index contributed by atoms with van der Waals surface area (Å²) in [5.74, 6) is 6.92. The van der Waals surface area contributed by atoms with Gasteiger partial charge < -0.3 is 0 Å². The molecule has 1 unspecified atom stereocenters. The molecule has 2 heteroatoms. The first-order chi connectivity index (χ1) is 1.73. The van der Waals surface area contributed by atoms with Crippen LogP contribution in [0.25, 0.3) is 0 Å². The topological polar surface area (TPSA) is 0 Å². The summed E-state index contributed by atoms with van der Waals surface area (Å²) in [7, 11) is 0. The van der Waals surface area contributed by atoms with E-state index in [0.29, 0.717) is 0 Å². The molecule has 0 saturated heterocycles. The van der Waals surface area contributed by atoms with Gasteiger partial charge in [-0.3, -0.25) is 0 Å². The molecule has 0 radical (unpaired) electrons. The van der Waals surface area contributed by atoms with Crippen molar-refractivity contribution in [3.63, 3.8) is 0 Å². The molecule has 0 rings (SSSR count). The van der Waals surface area contributed by atoms with Crippen LogP contribution in [0.2, 0.25) is 17.4 Å². The molecule has 0 nitrogen and oxygen atoms in total. The normalized spacial score (nSPS) is 5.40. The van der Waals surface area contributed by atoms with Crippen LogP contribution in [-0.4, -0.2) is 32.1 Å². The van der Waals surface area contributed by atoms with Crippen LogP contribution in [0.15, 0.2) is 0 Å². The Bertz CT molecular complexity index is 11.6. The van der Waals surface area contributed by atoms with Crippen LogP contribution in [0.3, 0.4) is 0 Å². The molecule has 0 saturated carbocycles. The maximum Gasteiger partial charge on any atom is 0.251 e. The Morgan fingerprint density at radius 2 is 1.00 bits per heavy atom. The second kappa shape index (κ2) is 5.09. The van der Waals surface area contributed by atoms with Gasteiger partial charge in [-0.2, -0.15) is 0 Å². The van der Waals surface area contributed by atoms with E-state index < -0.39 is 0 Å². The molecule has 1 atom stereocenters. The minimum Gasteiger partial charge on any atom is -0.106 e. The molecule has 0 amide bonds. The predicted molar refractivity (Wildman–Crippen MR) is 33.3 cm³/mol. The van der Waals surface area contributed by atoms with Crippen molar-refractivity contribution in [2.24, 2.45) is 0 Å². The van der Waals surface area contributed by atoms with Crippen LogP contribution >= 0.6 is 0 Å². The molecule has 0 aliphatic heterocycles. The average Bonchev–Trinajstić information content (AvgIpc) is 0.811. The first-order valence-electron chi connectivity index (χ1n) is 1.73. The van der Waals surface area contributed by atoms with Gasteiger partial charge in [-0.05, 0) is 0 Å². The van der Waals surface area contributed by atoms with Gasteiger partial charge in [0, 0.05) is 0 Å². The summed E-state index contributed by atoms with van der Waals surface area (Å²) in [6.07, 6.45) is 0. The van der Waals surface area contributed by atoms with E-state index in [4.69, 9.17) is 0 Å². The quantitative estimate of drug-likeness (QED) is 0.432. The molecule has 0 aliphatic rings. The molecule has 0 N–H and O–H groups in total. The third-order valence-electron chi connectivity index (χ3n) is 0. The standard InChI is InChI=1S/3CH3.Al.AsH3/h3*1H3;;1H3. The predicted octanol–water partition coefficient (Wildman–Crippen LogP) is 0.187. The zero-order chi connectivity index (χ0) is 3.58. The first-order valence-corrected chi connectivity index (χ1v) is 5.20. The largest absolute Gasteiger partial charge is 0.251 e. The van der Waals surface area contributed by atoms with Crippen LogP contribution in [0.5, 0.6) is 0 Å². The van der Waals surface area contributed by atoms with Gasteiger partial charge in [0.05, 0.1) is 0 Å². The Balaban J connectivity index is 0. The molecular weight excluding hydrogens is 138 g/mol. The molecule has 0 aromatic carbocycles. The van der Waals surface area contributed by atoms with Crippen molar-refractivity contribution in [1.29, 1.82) is 0 Å². The number of hydrogen-bond donors (Lipinski definition) is 0. The van der Waals surface area contributed by atoms with E-state index in [1.54, 1.807) is 0 Å². The molecule has 5 heavy (non-hydrogen) atoms. The van der Waals surface area contributed by atoms with Crippen LogP contribution in [0.1, 0.15) is 0 Å². The van der Waals surface area contributed by atoms with Gasteiger partial charge in [0.1, 0.15) is 0 Å². The third kappa shape index (κ3) is 40.9. The van der Waals surface area contributed by atoms with Gasteiger partial charge in [0.15, 0.2) is 0 Å². The maximum atomic E-state index is 2.31. The summed E-state index contributed by atoms with van der Waals surface area (Å²) >= 11 is -0.139. The van der Waals surface area contributed by atoms with Gasteiger partial charge in [0.2, 0.25) is 0 Å². The van der Waals surface area contributed by atoms with E-state index in [-0.39, 0.29) is 32.1 Å². The van der Waals surface area contributed by atoms with E-state index in [1.807, 2.05) is 0 Å². The van der Waals surface area contributed by atoms with Crippen molar-refractivity contribution in [2.75, 3.05) is 0 Å². The maximum absolute atomic E-state index is 2.31. The number of rotatable bonds is 0. The monoisotopic (exact) mass is 150 g/mol. The van der Waals surface area contributed by atoms with Gasteiger partial charge in [0.25, 0.3) is 14.1 Å². The third-order valence-corrected chi connectivity index (χ3v) is 0. The molecule has 0 bridgehead atoms. The summed E-state index contributed by atoms with van der Waals surface area (Å²) in [6.45, 7) is 0. The SMILES string of the molecule is [AsH3].[CH3][Al]([CH3])[CH3]. The summed E-state index contributed by atoms with van der Waals surface area (Å²) < 4.78 is 0. The summed E-state index contributed by atoms with van der Waals surface area (Å²) in [4.78, 5) is 0. The molecule has 0 aromatic heterocycles. The Labute approximate surface area is 49.7 Å². The van der Waals surface area contributed by atoms with Crippen LogP contribution in [0.4, 0.5) is 0 Å². The second-order valence-electron chi connectivity index (χ2n) is 1.73.